The topological polar surface area (TPSA) is 30.2 Å². The third-order valence-electron chi connectivity index (χ3n) is 1.77. The molecule has 0 spiro atoms. The summed E-state index contributed by atoms with van der Waals surface area (Å²) in [5.74, 6) is 0.831. The van der Waals surface area contributed by atoms with Crippen LogP contribution in [0, 0.1) is 0 Å². The Kier molecular flexibility index (Phi) is 6.67. The molecule has 2 heteroatoms. The molecule has 0 saturated heterocycles. The van der Waals surface area contributed by atoms with Crippen LogP contribution in [0.3, 0.4) is 0 Å². The van der Waals surface area contributed by atoms with Gasteiger partial charge in [-0.1, -0.05) is 48.6 Å². The van der Waals surface area contributed by atoms with E-state index in [0.717, 1.165) is 12.0 Å². The summed E-state index contributed by atoms with van der Waals surface area (Å²) in [6.07, 6.45) is 20.5. The van der Waals surface area contributed by atoms with E-state index >= 15 is 0 Å². The van der Waals surface area contributed by atoms with Crippen molar-refractivity contribution < 1.29 is 9.21 Å². The van der Waals surface area contributed by atoms with E-state index in [1.54, 1.807) is 18.4 Å². The fourth-order valence-electron chi connectivity index (χ4n) is 1.03. The van der Waals surface area contributed by atoms with Crippen LogP contribution in [0.25, 0.3) is 6.08 Å². The van der Waals surface area contributed by atoms with Crippen molar-refractivity contribution in [1.29, 1.82) is 0 Å². The lowest BCUT2D eigenvalue weighted by molar-refractivity contribution is -0.104. The molecular formula is C15H14O2. The smallest absolute Gasteiger partial charge is 0.142 e. The molecule has 0 fully saturated rings. The van der Waals surface area contributed by atoms with Gasteiger partial charge in [-0.05, 0) is 24.3 Å². The summed E-state index contributed by atoms with van der Waals surface area (Å²) in [6, 6.07) is 3.74. The quantitative estimate of drug-likeness (QED) is 0.420. The summed E-state index contributed by atoms with van der Waals surface area (Å²) in [5, 5.41) is 0. The van der Waals surface area contributed by atoms with E-state index in [4.69, 9.17) is 4.42 Å². The van der Waals surface area contributed by atoms with Crippen molar-refractivity contribution in [2.75, 3.05) is 0 Å². The largest absolute Gasteiger partial charge is 0.465 e. The molecule has 0 N–H and O–H groups in total. The molecule has 86 valence electrons. The summed E-state index contributed by atoms with van der Waals surface area (Å²) in [6.45, 7) is 0. The fourth-order valence-corrected chi connectivity index (χ4v) is 1.03. The van der Waals surface area contributed by atoms with Crippen molar-refractivity contribution in [3.05, 3.63) is 78.8 Å². The molecule has 1 aromatic heterocycles. The Morgan fingerprint density at radius 3 is 1.94 bits per heavy atom. The highest BCUT2D eigenvalue weighted by molar-refractivity contribution is 5.65. The number of aldehydes is 1. The van der Waals surface area contributed by atoms with Crippen LogP contribution in [0.4, 0.5) is 0 Å². The second kappa shape index (κ2) is 8.92. The van der Waals surface area contributed by atoms with Crippen LogP contribution in [0.1, 0.15) is 5.76 Å². The molecule has 1 aromatic rings. The lowest BCUT2D eigenvalue weighted by atomic mass is 10.3. The number of furan rings is 1. The van der Waals surface area contributed by atoms with E-state index in [9.17, 15) is 4.79 Å². The highest BCUT2D eigenvalue weighted by atomic mass is 16.3. The molecule has 0 unspecified atom stereocenters. The molecule has 2 nitrogen and oxygen atoms in total. The zero-order chi connectivity index (χ0) is 12.2. The highest BCUT2D eigenvalue weighted by Crippen LogP contribution is 2.01. The van der Waals surface area contributed by atoms with Gasteiger partial charge in [-0.15, -0.1) is 0 Å². The fraction of sp³-hybridized carbons (Fsp3) is 0. The monoisotopic (exact) mass is 226 g/mol. The Bertz CT molecular complexity index is 443. The van der Waals surface area contributed by atoms with Gasteiger partial charge in [0.1, 0.15) is 12.0 Å². The molecule has 0 aromatic carbocycles. The van der Waals surface area contributed by atoms with Crippen LogP contribution in [-0.2, 0) is 4.79 Å². The maximum atomic E-state index is 9.94. The van der Waals surface area contributed by atoms with Crippen LogP contribution in [0.5, 0.6) is 0 Å². The SMILES string of the molecule is O=C\C=C/C=C/C=C\C=C/C=C\c1ccco1. The van der Waals surface area contributed by atoms with E-state index in [-0.39, 0.29) is 0 Å². The molecular weight excluding hydrogens is 212 g/mol. The average molecular weight is 226 g/mol. The highest BCUT2D eigenvalue weighted by Gasteiger charge is 1.83. The van der Waals surface area contributed by atoms with Gasteiger partial charge in [-0.25, -0.2) is 0 Å². The van der Waals surface area contributed by atoms with Crippen molar-refractivity contribution in [3.8, 4) is 0 Å². The van der Waals surface area contributed by atoms with Crippen LogP contribution < -0.4 is 0 Å². The molecule has 0 aliphatic carbocycles. The predicted octanol–water partition coefficient (Wildman–Crippen LogP) is 3.72. The molecule has 0 aliphatic heterocycles. The summed E-state index contributed by atoms with van der Waals surface area (Å²) >= 11 is 0. The Morgan fingerprint density at radius 1 is 0.824 bits per heavy atom. The Labute approximate surface area is 101 Å². The minimum absolute atomic E-state index is 0.743. The number of carbonyl (C=O) groups excluding carboxylic acids is 1. The molecule has 0 aliphatic rings. The minimum atomic E-state index is 0.743. The number of carbonyl (C=O) groups is 1. The zero-order valence-corrected chi connectivity index (χ0v) is 9.40. The summed E-state index contributed by atoms with van der Waals surface area (Å²) < 4.78 is 5.13. The van der Waals surface area contributed by atoms with Crippen LogP contribution in [0.15, 0.2) is 77.5 Å². The Balaban J connectivity index is 2.26. The van der Waals surface area contributed by atoms with Crippen molar-refractivity contribution in [1.82, 2.24) is 0 Å². The standard InChI is InChI=1S/C15H14O2/c16-13-9-7-5-3-1-2-4-6-8-11-15-12-10-14-17-15/h1-14H/b2-1-,5-3+,6-4-,9-7-,11-8-. The molecule has 0 amide bonds. The van der Waals surface area contributed by atoms with Crippen LogP contribution >= 0.6 is 0 Å². The molecule has 17 heavy (non-hydrogen) atoms. The van der Waals surface area contributed by atoms with Gasteiger partial charge in [0.05, 0.1) is 6.26 Å². The van der Waals surface area contributed by atoms with E-state index in [1.165, 1.54) is 6.08 Å². The minimum Gasteiger partial charge on any atom is -0.465 e. The van der Waals surface area contributed by atoms with Gasteiger partial charge >= 0.3 is 0 Å². The van der Waals surface area contributed by atoms with Gasteiger partial charge in [-0.2, -0.15) is 0 Å². The van der Waals surface area contributed by atoms with Crippen molar-refractivity contribution in [2.24, 2.45) is 0 Å². The van der Waals surface area contributed by atoms with Crippen molar-refractivity contribution >= 4 is 12.4 Å². The van der Waals surface area contributed by atoms with Crippen molar-refractivity contribution in [2.45, 2.75) is 0 Å². The van der Waals surface area contributed by atoms with Crippen LogP contribution in [0.2, 0.25) is 0 Å². The van der Waals surface area contributed by atoms with Gasteiger partial charge in [0.25, 0.3) is 0 Å². The first-order valence-electron chi connectivity index (χ1n) is 5.25. The Hall–Kier alpha value is -2.35. The third kappa shape index (κ3) is 6.68. The van der Waals surface area contributed by atoms with Gasteiger partial charge in [0, 0.05) is 0 Å². The molecule has 0 saturated carbocycles. The molecule has 0 radical (unpaired) electrons. The second-order valence-electron chi connectivity index (χ2n) is 3.05. The lowest BCUT2D eigenvalue weighted by Crippen LogP contribution is -1.58. The normalized spacial score (nSPS) is 12.9. The maximum Gasteiger partial charge on any atom is 0.142 e. The maximum absolute atomic E-state index is 9.94. The van der Waals surface area contributed by atoms with E-state index in [0.29, 0.717) is 0 Å². The van der Waals surface area contributed by atoms with E-state index < -0.39 is 0 Å². The third-order valence-corrected chi connectivity index (χ3v) is 1.77. The predicted molar refractivity (Wildman–Crippen MR) is 70.4 cm³/mol. The average Bonchev–Trinajstić information content (AvgIpc) is 2.85. The number of allylic oxidation sites excluding steroid dienone is 9. The molecule has 0 bridgehead atoms. The van der Waals surface area contributed by atoms with Gasteiger partial charge in [0.2, 0.25) is 0 Å². The summed E-state index contributed by atoms with van der Waals surface area (Å²) in [5.41, 5.74) is 0. The van der Waals surface area contributed by atoms with Crippen molar-refractivity contribution in [3.63, 3.8) is 0 Å². The van der Waals surface area contributed by atoms with Gasteiger partial charge in [-0.3, -0.25) is 4.79 Å². The van der Waals surface area contributed by atoms with Gasteiger partial charge < -0.3 is 4.42 Å². The molecule has 1 heterocycles. The lowest BCUT2D eigenvalue weighted by Gasteiger charge is -1.79. The van der Waals surface area contributed by atoms with E-state index in [2.05, 4.69) is 0 Å². The Morgan fingerprint density at radius 2 is 1.41 bits per heavy atom. The van der Waals surface area contributed by atoms with E-state index in [1.807, 2.05) is 54.7 Å². The number of hydrogen-bond donors (Lipinski definition) is 0. The zero-order valence-electron chi connectivity index (χ0n) is 9.40. The molecule has 1 rings (SSSR count). The summed E-state index contributed by atoms with van der Waals surface area (Å²) in [7, 11) is 0. The first-order chi connectivity index (χ1) is 8.43. The number of rotatable bonds is 6. The second-order valence-corrected chi connectivity index (χ2v) is 3.05. The van der Waals surface area contributed by atoms with Crippen LogP contribution in [-0.4, -0.2) is 6.29 Å². The number of hydrogen-bond acceptors (Lipinski definition) is 2. The molecule has 0 atom stereocenters. The first-order valence-corrected chi connectivity index (χ1v) is 5.25. The van der Waals surface area contributed by atoms with Gasteiger partial charge in [0.15, 0.2) is 0 Å². The first kappa shape index (κ1) is 12.7. The summed E-state index contributed by atoms with van der Waals surface area (Å²) in [4.78, 5) is 9.94.